The first-order chi connectivity index (χ1) is 9.71. The van der Waals surface area contributed by atoms with Crippen molar-refractivity contribution in [3.63, 3.8) is 0 Å². The molecular weight excluding hydrogens is 333 g/mol. The molecule has 1 aliphatic heterocycles. The number of rotatable bonds is 2. The lowest BCUT2D eigenvalue weighted by molar-refractivity contribution is 0.0635. The first-order valence-electron chi connectivity index (χ1n) is 6.77. The van der Waals surface area contributed by atoms with Crippen molar-refractivity contribution in [1.29, 1.82) is 0 Å². The topological polar surface area (TPSA) is 54.5 Å². The summed E-state index contributed by atoms with van der Waals surface area (Å²) in [5.74, 6) is -0.203. The fraction of sp³-hybridized carbons (Fsp3) is 0.500. The number of likely N-dealkylation sites (tertiary alicyclic amines) is 1. The highest BCUT2D eigenvalue weighted by Gasteiger charge is 2.26. The summed E-state index contributed by atoms with van der Waals surface area (Å²) in [4.78, 5) is 14.2. The van der Waals surface area contributed by atoms with Crippen LogP contribution in [0.15, 0.2) is 17.0 Å². The second kappa shape index (κ2) is 6.15. The van der Waals surface area contributed by atoms with Gasteiger partial charge < -0.3 is 4.90 Å². The number of carbonyl (C=O) groups excluding carboxylic acids is 1. The zero-order valence-electron chi connectivity index (χ0n) is 11.9. The maximum Gasteiger partial charge on any atom is 0.261 e. The molecule has 116 valence electrons. The van der Waals surface area contributed by atoms with E-state index < -0.39 is 9.05 Å². The van der Waals surface area contributed by atoms with Gasteiger partial charge in [0.25, 0.3) is 15.0 Å². The van der Waals surface area contributed by atoms with Crippen LogP contribution in [0.3, 0.4) is 0 Å². The van der Waals surface area contributed by atoms with Crippen LogP contribution in [0.4, 0.5) is 0 Å². The third kappa shape index (κ3) is 3.52. The molecule has 0 spiro atoms. The quantitative estimate of drug-likeness (QED) is 0.766. The van der Waals surface area contributed by atoms with Crippen molar-refractivity contribution in [2.45, 2.75) is 44.0 Å². The van der Waals surface area contributed by atoms with E-state index in [9.17, 15) is 13.2 Å². The predicted molar refractivity (Wildman–Crippen MR) is 83.6 cm³/mol. The normalized spacial score (nSPS) is 19.6. The van der Waals surface area contributed by atoms with Crippen LogP contribution in [0.2, 0.25) is 5.02 Å². The molecule has 0 radical (unpaired) electrons. The van der Waals surface area contributed by atoms with E-state index in [0.717, 1.165) is 19.3 Å². The van der Waals surface area contributed by atoms with Crippen LogP contribution in [0, 0.1) is 6.92 Å². The van der Waals surface area contributed by atoms with Crippen molar-refractivity contribution in [1.82, 2.24) is 4.90 Å². The molecule has 1 aromatic rings. The van der Waals surface area contributed by atoms with Gasteiger partial charge in [0.2, 0.25) is 0 Å². The lowest BCUT2D eigenvalue weighted by atomic mass is 10.0. The van der Waals surface area contributed by atoms with Gasteiger partial charge in [-0.15, -0.1) is 0 Å². The van der Waals surface area contributed by atoms with E-state index in [1.165, 1.54) is 12.1 Å². The van der Waals surface area contributed by atoms with E-state index in [1.807, 2.05) is 6.92 Å². The van der Waals surface area contributed by atoms with Crippen LogP contribution < -0.4 is 0 Å². The van der Waals surface area contributed by atoms with Crippen LogP contribution >= 0.6 is 22.3 Å². The molecule has 1 saturated heterocycles. The molecule has 0 aliphatic carbocycles. The molecule has 0 bridgehead atoms. The lowest BCUT2D eigenvalue weighted by Gasteiger charge is -2.33. The van der Waals surface area contributed by atoms with Gasteiger partial charge in [-0.2, -0.15) is 0 Å². The lowest BCUT2D eigenvalue weighted by Crippen LogP contribution is -2.42. The number of benzene rings is 1. The molecule has 0 N–H and O–H groups in total. The van der Waals surface area contributed by atoms with Gasteiger partial charge in [-0.25, -0.2) is 8.42 Å². The van der Waals surface area contributed by atoms with Gasteiger partial charge in [0.15, 0.2) is 0 Å². The highest BCUT2D eigenvalue weighted by atomic mass is 35.7. The highest BCUT2D eigenvalue weighted by Crippen LogP contribution is 2.29. The summed E-state index contributed by atoms with van der Waals surface area (Å²) in [6, 6.07) is 2.96. The van der Waals surface area contributed by atoms with Gasteiger partial charge >= 0.3 is 0 Å². The summed E-state index contributed by atoms with van der Waals surface area (Å²) in [6.45, 7) is 4.23. The van der Waals surface area contributed by atoms with E-state index in [0.29, 0.717) is 12.1 Å². The van der Waals surface area contributed by atoms with E-state index in [-0.39, 0.29) is 27.4 Å². The SMILES string of the molecule is Cc1c(Cl)cc(C(=O)N2CCCCC2C)cc1S(=O)(=O)Cl. The van der Waals surface area contributed by atoms with Crippen LogP contribution in [0.25, 0.3) is 0 Å². The summed E-state index contributed by atoms with van der Waals surface area (Å²) in [6.07, 6.45) is 3.00. The van der Waals surface area contributed by atoms with E-state index >= 15 is 0 Å². The third-order valence-corrected chi connectivity index (χ3v) is 5.71. The maximum absolute atomic E-state index is 12.6. The minimum Gasteiger partial charge on any atom is -0.336 e. The summed E-state index contributed by atoms with van der Waals surface area (Å²) in [7, 11) is 1.48. The predicted octanol–water partition coefficient (Wildman–Crippen LogP) is 3.59. The van der Waals surface area contributed by atoms with Crippen LogP contribution in [0.5, 0.6) is 0 Å². The number of carbonyl (C=O) groups is 1. The Labute approximate surface area is 134 Å². The standard InChI is InChI=1S/C14H17Cl2NO3S/c1-9-5-3-4-6-17(9)14(18)11-7-12(15)10(2)13(8-11)21(16,19)20/h7-9H,3-6H2,1-2H3. The summed E-state index contributed by atoms with van der Waals surface area (Å²) >= 11 is 6.05. The second-order valence-electron chi connectivity index (χ2n) is 5.36. The van der Waals surface area contributed by atoms with Gasteiger partial charge in [0.05, 0.1) is 4.90 Å². The largest absolute Gasteiger partial charge is 0.336 e. The highest BCUT2D eigenvalue weighted by molar-refractivity contribution is 8.13. The molecule has 4 nitrogen and oxygen atoms in total. The molecule has 1 unspecified atom stereocenters. The molecule has 0 saturated carbocycles. The Balaban J connectivity index is 2.45. The Morgan fingerprint density at radius 3 is 2.57 bits per heavy atom. The first-order valence-corrected chi connectivity index (χ1v) is 9.46. The molecule has 1 atom stereocenters. The number of halogens is 2. The van der Waals surface area contributed by atoms with Crippen LogP contribution in [-0.2, 0) is 9.05 Å². The molecule has 21 heavy (non-hydrogen) atoms. The molecule has 1 heterocycles. The molecule has 1 aromatic carbocycles. The molecule has 1 fully saturated rings. The summed E-state index contributed by atoms with van der Waals surface area (Å²) < 4.78 is 23.2. The van der Waals surface area contributed by atoms with Crippen molar-refractivity contribution >= 4 is 37.2 Å². The zero-order valence-corrected chi connectivity index (χ0v) is 14.2. The zero-order chi connectivity index (χ0) is 15.8. The maximum atomic E-state index is 12.6. The Morgan fingerprint density at radius 2 is 2.00 bits per heavy atom. The van der Waals surface area contributed by atoms with Gasteiger partial charge in [-0.3, -0.25) is 4.79 Å². The monoisotopic (exact) mass is 349 g/mol. The van der Waals surface area contributed by atoms with Crippen molar-refractivity contribution < 1.29 is 13.2 Å². The van der Waals surface area contributed by atoms with Crippen molar-refractivity contribution in [2.24, 2.45) is 0 Å². The van der Waals surface area contributed by atoms with Gasteiger partial charge in [0.1, 0.15) is 0 Å². The Hall–Kier alpha value is -0.780. The van der Waals surface area contributed by atoms with E-state index in [2.05, 4.69) is 0 Å². The van der Waals surface area contributed by atoms with Crippen molar-refractivity contribution in [3.8, 4) is 0 Å². The minimum absolute atomic E-state index is 0.107. The number of hydrogen-bond acceptors (Lipinski definition) is 3. The molecule has 7 heteroatoms. The summed E-state index contributed by atoms with van der Waals surface area (Å²) in [5, 5.41) is 0.227. The smallest absolute Gasteiger partial charge is 0.261 e. The van der Waals surface area contributed by atoms with Crippen LogP contribution in [-0.4, -0.2) is 31.8 Å². The van der Waals surface area contributed by atoms with Crippen LogP contribution in [0.1, 0.15) is 42.1 Å². The number of piperidine rings is 1. The Bertz CT molecular complexity index is 673. The fourth-order valence-corrected chi connectivity index (χ4v) is 4.10. The number of nitrogens with zero attached hydrogens (tertiary/aromatic N) is 1. The number of hydrogen-bond donors (Lipinski definition) is 0. The van der Waals surface area contributed by atoms with E-state index in [4.69, 9.17) is 22.3 Å². The first kappa shape index (κ1) is 16.6. The average Bonchev–Trinajstić information content (AvgIpc) is 2.40. The van der Waals surface area contributed by atoms with Crippen molar-refractivity contribution in [3.05, 3.63) is 28.3 Å². The van der Waals surface area contributed by atoms with Gasteiger partial charge in [-0.1, -0.05) is 11.6 Å². The Kier molecular flexibility index (Phi) is 4.85. The fourth-order valence-electron chi connectivity index (χ4n) is 2.60. The molecule has 1 amide bonds. The minimum atomic E-state index is -3.94. The Morgan fingerprint density at radius 1 is 1.33 bits per heavy atom. The van der Waals surface area contributed by atoms with Crippen molar-refractivity contribution in [2.75, 3.05) is 6.54 Å². The van der Waals surface area contributed by atoms with Gasteiger partial charge in [-0.05, 0) is 50.8 Å². The average molecular weight is 350 g/mol. The van der Waals surface area contributed by atoms with E-state index in [1.54, 1.807) is 11.8 Å². The molecule has 0 aromatic heterocycles. The molecular formula is C14H17Cl2NO3S. The molecule has 1 aliphatic rings. The number of amides is 1. The third-order valence-electron chi connectivity index (χ3n) is 3.87. The second-order valence-corrected chi connectivity index (χ2v) is 8.30. The summed E-state index contributed by atoms with van der Waals surface area (Å²) in [5.41, 5.74) is 0.619. The molecule has 2 rings (SSSR count). The van der Waals surface area contributed by atoms with Gasteiger partial charge in [0, 0.05) is 33.9 Å².